The topological polar surface area (TPSA) is 37.4 Å². The van der Waals surface area contributed by atoms with Gasteiger partial charge in [-0.1, -0.05) is 53.0 Å². The average Bonchev–Trinajstić information content (AvgIpc) is 2.70. The molecule has 2 aromatic rings. The number of aryl methyl sites for hydroxylation is 1. The van der Waals surface area contributed by atoms with Crippen LogP contribution in [0.15, 0.2) is 47.5 Å². The maximum Gasteiger partial charge on any atom is 0.277 e. The summed E-state index contributed by atoms with van der Waals surface area (Å²) in [6.07, 6.45) is 0. The molecule has 0 fully saturated rings. The van der Waals surface area contributed by atoms with Crippen LogP contribution in [0.4, 0.5) is 5.69 Å². The number of rotatable bonds is 2. The zero-order valence-corrected chi connectivity index (χ0v) is 14.2. The van der Waals surface area contributed by atoms with Crippen molar-refractivity contribution >= 4 is 57.9 Å². The molecule has 1 aliphatic heterocycles. The molecular formula is C17H10Cl3NO2. The Kier molecular flexibility index (Phi) is 4.19. The first-order valence-corrected chi connectivity index (χ1v) is 7.84. The van der Waals surface area contributed by atoms with E-state index in [9.17, 15) is 9.59 Å². The summed E-state index contributed by atoms with van der Waals surface area (Å²) in [5.41, 5.74) is 1.87. The fourth-order valence-corrected chi connectivity index (χ4v) is 3.20. The average molecular weight is 367 g/mol. The predicted molar refractivity (Wildman–Crippen MR) is 92.9 cm³/mol. The van der Waals surface area contributed by atoms with Gasteiger partial charge in [-0.2, -0.15) is 0 Å². The molecule has 116 valence electrons. The zero-order valence-electron chi connectivity index (χ0n) is 11.9. The Morgan fingerprint density at radius 2 is 1.65 bits per heavy atom. The fourth-order valence-electron chi connectivity index (χ4n) is 2.43. The molecule has 2 amide bonds. The van der Waals surface area contributed by atoms with E-state index in [1.165, 1.54) is 6.07 Å². The molecule has 0 radical (unpaired) electrons. The summed E-state index contributed by atoms with van der Waals surface area (Å²) >= 11 is 18.1. The summed E-state index contributed by atoms with van der Waals surface area (Å²) in [5, 5.41) is 0.543. The number of benzene rings is 2. The number of imide groups is 1. The molecule has 3 rings (SSSR count). The highest BCUT2D eigenvalue weighted by molar-refractivity contribution is 6.60. The van der Waals surface area contributed by atoms with Gasteiger partial charge < -0.3 is 0 Å². The van der Waals surface area contributed by atoms with Crippen molar-refractivity contribution in [1.29, 1.82) is 0 Å². The molecule has 6 heteroatoms. The van der Waals surface area contributed by atoms with Crippen LogP contribution in [0.25, 0.3) is 5.57 Å². The number of hydrogen-bond donors (Lipinski definition) is 0. The van der Waals surface area contributed by atoms with Gasteiger partial charge in [0.05, 0.1) is 16.3 Å². The van der Waals surface area contributed by atoms with Gasteiger partial charge in [-0.15, -0.1) is 0 Å². The van der Waals surface area contributed by atoms with Gasteiger partial charge in [-0.3, -0.25) is 9.59 Å². The first-order chi connectivity index (χ1) is 10.9. The number of hydrogen-bond acceptors (Lipinski definition) is 2. The van der Waals surface area contributed by atoms with Crippen LogP contribution in [0.2, 0.25) is 10.0 Å². The molecule has 0 saturated heterocycles. The van der Waals surface area contributed by atoms with Gasteiger partial charge in [0, 0.05) is 10.6 Å². The molecule has 0 N–H and O–H groups in total. The molecule has 0 aromatic heterocycles. The number of carbonyl (C=O) groups excluding carboxylic acids is 2. The second-order valence-electron chi connectivity index (χ2n) is 5.10. The molecule has 0 aliphatic carbocycles. The highest BCUT2D eigenvalue weighted by atomic mass is 35.5. The molecule has 2 aromatic carbocycles. The minimum atomic E-state index is -0.566. The van der Waals surface area contributed by atoms with Crippen molar-refractivity contribution in [2.24, 2.45) is 0 Å². The fraction of sp³-hybridized carbons (Fsp3) is 0.0588. The van der Waals surface area contributed by atoms with Crippen LogP contribution in [0.3, 0.4) is 0 Å². The van der Waals surface area contributed by atoms with E-state index in [-0.39, 0.29) is 15.6 Å². The highest BCUT2D eigenvalue weighted by Gasteiger charge is 2.39. The van der Waals surface area contributed by atoms with Crippen LogP contribution in [0, 0.1) is 6.92 Å². The summed E-state index contributed by atoms with van der Waals surface area (Å²) < 4.78 is 0. The van der Waals surface area contributed by atoms with Crippen LogP contribution >= 0.6 is 34.8 Å². The Bertz CT molecular complexity index is 874. The largest absolute Gasteiger partial charge is 0.277 e. The van der Waals surface area contributed by atoms with E-state index in [4.69, 9.17) is 34.8 Å². The van der Waals surface area contributed by atoms with Crippen molar-refractivity contribution < 1.29 is 9.59 Å². The number of anilines is 1. The number of amides is 2. The summed E-state index contributed by atoms with van der Waals surface area (Å²) in [5.74, 6) is -1.07. The Labute approximate surface area is 148 Å². The lowest BCUT2D eigenvalue weighted by molar-refractivity contribution is -0.119. The van der Waals surface area contributed by atoms with Gasteiger partial charge in [0.1, 0.15) is 5.03 Å². The Hall–Kier alpha value is -1.81. The van der Waals surface area contributed by atoms with Crippen molar-refractivity contribution in [2.75, 3.05) is 4.90 Å². The number of carbonyl (C=O) groups is 2. The van der Waals surface area contributed by atoms with E-state index < -0.39 is 11.8 Å². The van der Waals surface area contributed by atoms with Crippen molar-refractivity contribution in [3.63, 3.8) is 0 Å². The SMILES string of the molecule is Cc1cccc(N2C(=O)C(Cl)=C(c3ccc(Cl)cc3Cl)C2=O)c1. The molecule has 23 heavy (non-hydrogen) atoms. The lowest BCUT2D eigenvalue weighted by atomic mass is 10.1. The Morgan fingerprint density at radius 3 is 2.30 bits per heavy atom. The molecular weight excluding hydrogens is 357 g/mol. The van der Waals surface area contributed by atoms with Crippen molar-refractivity contribution in [2.45, 2.75) is 6.92 Å². The third-order valence-electron chi connectivity index (χ3n) is 3.49. The zero-order chi connectivity index (χ0) is 16.7. The summed E-state index contributed by atoms with van der Waals surface area (Å²) in [7, 11) is 0. The van der Waals surface area contributed by atoms with Gasteiger partial charge >= 0.3 is 0 Å². The summed E-state index contributed by atoms with van der Waals surface area (Å²) in [6.45, 7) is 1.88. The van der Waals surface area contributed by atoms with Gasteiger partial charge in [0.25, 0.3) is 11.8 Å². The van der Waals surface area contributed by atoms with Crippen LogP contribution in [0.5, 0.6) is 0 Å². The van der Waals surface area contributed by atoms with Crippen LogP contribution in [-0.4, -0.2) is 11.8 Å². The maximum atomic E-state index is 12.7. The molecule has 0 saturated carbocycles. The molecule has 1 aliphatic rings. The lowest BCUT2D eigenvalue weighted by Gasteiger charge is -2.15. The highest BCUT2D eigenvalue weighted by Crippen LogP contribution is 2.38. The smallest absolute Gasteiger partial charge is 0.268 e. The first-order valence-electron chi connectivity index (χ1n) is 6.71. The van der Waals surface area contributed by atoms with Crippen LogP contribution in [0.1, 0.15) is 11.1 Å². The third kappa shape index (κ3) is 2.76. The number of halogens is 3. The van der Waals surface area contributed by atoms with E-state index in [0.29, 0.717) is 16.3 Å². The molecule has 0 bridgehead atoms. The number of nitrogens with zero attached hydrogens (tertiary/aromatic N) is 1. The molecule has 1 heterocycles. The third-order valence-corrected chi connectivity index (χ3v) is 4.39. The monoisotopic (exact) mass is 365 g/mol. The summed E-state index contributed by atoms with van der Waals surface area (Å²) in [6, 6.07) is 11.7. The minimum Gasteiger partial charge on any atom is -0.268 e. The Morgan fingerprint density at radius 1 is 0.913 bits per heavy atom. The van der Waals surface area contributed by atoms with Crippen molar-refractivity contribution in [1.82, 2.24) is 0 Å². The van der Waals surface area contributed by atoms with Crippen molar-refractivity contribution in [3.8, 4) is 0 Å². The van der Waals surface area contributed by atoms with E-state index in [1.54, 1.807) is 30.3 Å². The van der Waals surface area contributed by atoms with Crippen molar-refractivity contribution in [3.05, 3.63) is 68.7 Å². The molecule has 0 spiro atoms. The predicted octanol–water partition coefficient (Wildman–Crippen LogP) is 4.83. The molecule has 0 unspecified atom stereocenters. The van der Waals surface area contributed by atoms with E-state index >= 15 is 0 Å². The van der Waals surface area contributed by atoms with Gasteiger partial charge in [-0.05, 0) is 36.8 Å². The van der Waals surface area contributed by atoms with E-state index in [1.807, 2.05) is 13.0 Å². The second-order valence-corrected chi connectivity index (χ2v) is 6.32. The summed E-state index contributed by atoms with van der Waals surface area (Å²) in [4.78, 5) is 26.2. The minimum absolute atomic E-state index is 0.0832. The lowest BCUT2D eigenvalue weighted by Crippen LogP contribution is -2.31. The van der Waals surface area contributed by atoms with Crippen LogP contribution in [-0.2, 0) is 9.59 Å². The van der Waals surface area contributed by atoms with Gasteiger partial charge in [0.15, 0.2) is 0 Å². The molecule has 3 nitrogen and oxygen atoms in total. The Balaban J connectivity index is 2.10. The first kappa shape index (κ1) is 16.1. The maximum absolute atomic E-state index is 12.7. The standard InChI is InChI=1S/C17H10Cl3NO2/c1-9-3-2-4-11(7-9)21-16(22)14(15(20)17(21)23)12-6-5-10(18)8-13(12)19/h2-8H,1H3. The van der Waals surface area contributed by atoms with E-state index in [2.05, 4.69) is 0 Å². The van der Waals surface area contributed by atoms with Gasteiger partial charge in [0.2, 0.25) is 0 Å². The molecule has 0 atom stereocenters. The van der Waals surface area contributed by atoms with Gasteiger partial charge in [-0.25, -0.2) is 4.90 Å². The normalized spacial score (nSPS) is 14.9. The second kappa shape index (κ2) is 6.00. The quantitative estimate of drug-likeness (QED) is 0.714. The van der Waals surface area contributed by atoms with Crippen LogP contribution < -0.4 is 4.90 Å². The van der Waals surface area contributed by atoms with E-state index in [0.717, 1.165) is 10.5 Å².